The number of halogens is 2. The van der Waals surface area contributed by atoms with Crippen molar-refractivity contribution < 1.29 is 14.4 Å². The van der Waals surface area contributed by atoms with Gasteiger partial charge >= 0.3 is 6.03 Å². The molecule has 0 aromatic heterocycles. The minimum Gasteiger partial charge on any atom is -0.325 e. The van der Waals surface area contributed by atoms with E-state index in [0.29, 0.717) is 22.2 Å². The summed E-state index contributed by atoms with van der Waals surface area (Å²) in [5.41, 5.74) is 0.839. The van der Waals surface area contributed by atoms with Gasteiger partial charge < -0.3 is 10.6 Å². The zero-order chi connectivity index (χ0) is 21.3. The fourth-order valence-electron chi connectivity index (χ4n) is 3.16. The molecule has 3 rings (SSSR count). The van der Waals surface area contributed by atoms with Crippen molar-refractivity contribution in [1.82, 2.24) is 10.2 Å². The number of hydrogen-bond acceptors (Lipinski definition) is 3. The Labute approximate surface area is 179 Å². The molecule has 1 heterocycles. The van der Waals surface area contributed by atoms with Gasteiger partial charge in [-0.1, -0.05) is 55.2 Å². The van der Waals surface area contributed by atoms with E-state index in [1.165, 1.54) is 6.07 Å². The highest BCUT2D eigenvalue weighted by Crippen LogP contribution is 2.33. The lowest BCUT2D eigenvalue weighted by Gasteiger charge is -2.22. The Morgan fingerprint density at radius 2 is 1.86 bits per heavy atom. The quantitative estimate of drug-likeness (QED) is 0.680. The number of hydrogen-bond donors (Lipinski definition) is 2. The third kappa shape index (κ3) is 4.23. The van der Waals surface area contributed by atoms with E-state index in [1.807, 2.05) is 18.2 Å². The second kappa shape index (κ2) is 8.05. The molecule has 1 atom stereocenters. The van der Waals surface area contributed by atoms with E-state index in [4.69, 9.17) is 23.2 Å². The maximum absolute atomic E-state index is 13.0. The number of carbonyl (C=O) groups is 3. The van der Waals surface area contributed by atoms with Crippen LogP contribution in [0.4, 0.5) is 10.5 Å². The lowest BCUT2D eigenvalue weighted by molar-refractivity contribution is -0.133. The number of rotatable bonds is 5. The van der Waals surface area contributed by atoms with Crippen LogP contribution < -0.4 is 10.6 Å². The first-order valence-electron chi connectivity index (χ1n) is 9.11. The summed E-state index contributed by atoms with van der Waals surface area (Å²) < 4.78 is 0. The summed E-state index contributed by atoms with van der Waals surface area (Å²) in [4.78, 5) is 38.7. The maximum atomic E-state index is 13.0. The lowest BCUT2D eigenvalue weighted by atomic mass is 9.92. The second-order valence-corrected chi connectivity index (χ2v) is 8.22. The molecule has 29 heavy (non-hydrogen) atoms. The molecule has 2 N–H and O–H groups in total. The van der Waals surface area contributed by atoms with Crippen molar-refractivity contribution in [1.29, 1.82) is 0 Å². The van der Waals surface area contributed by atoms with E-state index in [-0.39, 0.29) is 5.02 Å². The molecule has 1 aliphatic rings. The van der Waals surface area contributed by atoms with Crippen molar-refractivity contribution in [2.75, 3.05) is 11.9 Å². The molecule has 6 nitrogen and oxygen atoms in total. The number of carbonyl (C=O) groups excluding carboxylic acids is 3. The number of urea groups is 1. The van der Waals surface area contributed by atoms with Gasteiger partial charge in [0.25, 0.3) is 5.91 Å². The predicted molar refractivity (Wildman–Crippen MR) is 113 cm³/mol. The van der Waals surface area contributed by atoms with E-state index in [9.17, 15) is 14.4 Å². The highest BCUT2D eigenvalue weighted by Gasteiger charge is 2.49. The molecule has 0 aliphatic carbocycles. The van der Waals surface area contributed by atoms with Crippen LogP contribution in [0.1, 0.15) is 37.8 Å². The van der Waals surface area contributed by atoms with Crippen molar-refractivity contribution >= 4 is 46.7 Å². The number of nitrogens with zero attached hydrogens (tertiary/aromatic N) is 1. The summed E-state index contributed by atoms with van der Waals surface area (Å²) in [5.74, 6) is -0.690. The van der Waals surface area contributed by atoms with Crippen molar-refractivity contribution in [2.45, 2.75) is 32.2 Å². The van der Waals surface area contributed by atoms with Crippen LogP contribution in [0.5, 0.6) is 0 Å². The first kappa shape index (κ1) is 21.1. The zero-order valence-corrected chi connectivity index (χ0v) is 17.8. The van der Waals surface area contributed by atoms with Gasteiger partial charge in [-0.15, -0.1) is 0 Å². The van der Waals surface area contributed by atoms with Crippen LogP contribution in [0.15, 0.2) is 42.5 Å². The van der Waals surface area contributed by atoms with Gasteiger partial charge in [0.1, 0.15) is 12.1 Å². The van der Waals surface area contributed by atoms with Gasteiger partial charge in [0.2, 0.25) is 5.91 Å². The molecule has 0 saturated carbocycles. The largest absolute Gasteiger partial charge is 0.325 e. The van der Waals surface area contributed by atoms with Crippen LogP contribution in [0, 0.1) is 0 Å². The monoisotopic (exact) mass is 433 g/mol. The van der Waals surface area contributed by atoms with Gasteiger partial charge in [0, 0.05) is 5.69 Å². The SMILES string of the molecule is CC(C)c1cccc(NC(=O)CN2C(=O)NC(C)(c3ccc(Cl)c(Cl)c3)C2=O)c1. The van der Waals surface area contributed by atoms with Crippen LogP contribution in [-0.4, -0.2) is 29.3 Å². The number of amides is 4. The van der Waals surface area contributed by atoms with Crippen LogP contribution in [-0.2, 0) is 15.1 Å². The van der Waals surface area contributed by atoms with E-state index in [1.54, 1.807) is 25.1 Å². The highest BCUT2D eigenvalue weighted by atomic mass is 35.5. The highest BCUT2D eigenvalue weighted by molar-refractivity contribution is 6.42. The van der Waals surface area contributed by atoms with Gasteiger partial charge in [-0.2, -0.15) is 0 Å². The Hall–Kier alpha value is -2.57. The first-order valence-corrected chi connectivity index (χ1v) is 9.87. The smallest absolute Gasteiger partial charge is 0.325 e. The number of imide groups is 1. The Morgan fingerprint density at radius 3 is 2.52 bits per heavy atom. The fraction of sp³-hybridized carbons (Fsp3) is 0.286. The summed E-state index contributed by atoms with van der Waals surface area (Å²) in [6.07, 6.45) is 0. The summed E-state index contributed by atoms with van der Waals surface area (Å²) in [6, 6.07) is 11.5. The molecule has 0 bridgehead atoms. The first-order chi connectivity index (χ1) is 13.6. The van der Waals surface area contributed by atoms with Crippen molar-refractivity contribution in [3.63, 3.8) is 0 Å². The maximum Gasteiger partial charge on any atom is 0.325 e. The predicted octanol–water partition coefficient (Wildman–Crippen LogP) is 4.52. The molecule has 2 aromatic carbocycles. The molecule has 2 aromatic rings. The Bertz CT molecular complexity index is 993. The second-order valence-electron chi connectivity index (χ2n) is 7.40. The molecule has 152 valence electrons. The summed E-state index contributed by atoms with van der Waals surface area (Å²) in [7, 11) is 0. The molecule has 1 unspecified atom stereocenters. The number of anilines is 1. The third-order valence-electron chi connectivity index (χ3n) is 4.91. The van der Waals surface area contributed by atoms with Gasteiger partial charge in [0.05, 0.1) is 10.0 Å². The minimum atomic E-state index is -1.33. The zero-order valence-electron chi connectivity index (χ0n) is 16.3. The molecular formula is C21H21Cl2N3O3. The van der Waals surface area contributed by atoms with Crippen molar-refractivity contribution in [3.8, 4) is 0 Å². The van der Waals surface area contributed by atoms with Crippen LogP contribution >= 0.6 is 23.2 Å². The Balaban J connectivity index is 1.75. The van der Waals surface area contributed by atoms with Crippen LogP contribution in [0.3, 0.4) is 0 Å². The molecule has 1 aliphatic heterocycles. The van der Waals surface area contributed by atoms with Crippen LogP contribution in [0.25, 0.3) is 0 Å². The third-order valence-corrected chi connectivity index (χ3v) is 5.65. The van der Waals surface area contributed by atoms with Gasteiger partial charge in [-0.3, -0.25) is 14.5 Å². The summed E-state index contributed by atoms with van der Waals surface area (Å²) >= 11 is 12.0. The van der Waals surface area contributed by atoms with Gasteiger partial charge in [0.15, 0.2) is 0 Å². The molecule has 0 spiro atoms. The number of nitrogens with one attached hydrogen (secondary N) is 2. The molecular weight excluding hydrogens is 413 g/mol. The number of benzene rings is 2. The standard InChI is InChI=1S/C21H21Cl2N3O3/c1-12(2)13-5-4-6-15(9-13)24-18(27)11-26-19(28)21(3,25-20(26)29)14-7-8-16(22)17(23)10-14/h4-10,12H,11H2,1-3H3,(H,24,27)(H,25,29). The lowest BCUT2D eigenvalue weighted by Crippen LogP contribution is -2.42. The Kier molecular flexibility index (Phi) is 5.87. The van der Waals surface area contributed by atoms with Crippen molar-refractivity contribution in [2.24, 2.45) is 0 Å². The van der Waals surface area contributed by atoms with E-state index >= 15 is 0 Å². The Morgan fingerprint density at radius 1 is 1.14 bits per heavy atom. The van der Waals surface area contributed by atoms with Crippen molar-refractivity contribution in [3.05, 3.63) is 63.6 Å². The van der Waals surface area contributed by atoms with E-state index < -0.39 is 29.9 Å². The molecule has 0 radical (unpaired) electrons. The summed E-state index contributed by atoms with van der Waals surface area (Å²) in [5, 5.41) is 5.99. The average Bonchev–Trinajstić information content (AvgIpc) is 2.88. The van der Waals surface area contributed by atoms with Gasteiger partial charge in [-0.05, 0) is 48.2 Å². The topological polar surface area (TPSA) is 78.5 Å². The normalized spacial score (nSPS) is 18.9. The fourth-order valence-corrected chi connectivity index (χ4v) is 3.46. The average molecular weight is 434 g/mol. The van der Waals surface area contributed by atoms with E-state index in [0.717, 1.165) is 10.5 Å². The summed E-state index contributed by atoms with van der Waals surface area (Å²) in [6.45, 7) is 5.28. The molecule has 1 fully saturated rings. The molecule has 4 amide bonds. The molecule has 1 saturated heterocycles. The van der Waals surface area contributed by atoms with E-state index in [2.05, 4.69) is 24.5 Å². The van der Waals surface area contributed by atoms with Gasteiger partial charge in [-0.25, -0.2) is 4.79 Å². The minimum absolute atomic E-state index is 0.272. The van der Waals surface area contributed by atoms with Crippen LogP contribution in [0.2, 0.25) is 10.0 Å². The molecule has 8 heteroatoms.